The van der Waals surface area contributed by atoms with E-state index in [1.54, 1.807) is 148 Å². The number of nitrogens with one attached hydrogen (secondary N) is 4. The van der Waals surface area contributed by atoms with Gasteiger partial charge in [0.2, 0.25) is 0 Å². The molecule has 0 radical (unpaired) electrons. The number of nitrogens with zero attached hydrogens (tertiary/aromatic N) is 8. The average Bonchev–Trinajstić information content (AvgIpc) is 1.74. The normalized spacial score (nSPS) is 12.7. The number of aryl methyl sites for hydroxylation is 4. The van der Waals surface area contributed by atoms with E-state index in [4.69, 9.17) is 82.8 Å². The summed E-state index contributed by atoms with van der Waals surface area (Å²) >= 11 is 14.5. The zero-order valence-corrected chi connectivity index (χ0v) is 77.8. The number of ether oxygens (including phenoxy) is 4. The molecule has 0 bridgehead atoms. The van der Waals surface area contributed by atoms with Crippen LogP contribution in [0.3, 0.4) is 0 Å². The molecule has 12 aromatic rings. The summed E-state index contributed by atoms with van der Waals surface area (Å²) in [7, 11) is 0. The van der Waals surface area contributed by atoms with Crippen LogP contribution in [0, 0.1) is 27.7 Å². The molecule has 4 aliphatic rings. The second-order valence-corrected chi connectivity index (χ2v) is 34.3. The van der Waals surface area contributed by atoms with Gasteiger partial charge < -0.3 is 79.1 Å². The summed E-state index contributed by atoms with van der Waals surface area (Å²) in [5.41, 5.74) is 40.8. The number of hydrogen-bond acceptors (Lipinski definition) is 25. The van der Waals surface area contributed by atoms with Crippen LogP contribution < -0.4 is 54.7 Å². The smallest absolute Gasteiger partial charge is 0.506 e. The largest absolute Gasteiger partial charge is 0.508 e. The Kier molecular flexibility index (Phi) is 34.0. The Bertz CT molecular complexity index is 6330. The Morgan fingerprint density at radius 2 is 0.699 bits per heavy atom. The Balaban J connectivity index is 0.000000170. The molecule has 0 saturated heterocycles. The third kappa shape index (κ3) is 27.8. The number of ketones is 5. The summed E-state index contributed by atoms with van der Waals surface area (Å²) in [6, 6.07) is 47.8. The van der Waals surface area contributed by atoms with Crippen LogP contribution in [0.25, 0.3) is 22.7 Å². The summed E-state index contributed by atoms with van der Waals surface area (Å²) in [5, 5.41) is 47.5. The number of alkyl halides is 3. The number of Topliss-reactive ketones (excluding diaryl/α,β-unsaturated/α-hetero) is 1. The van der Waals surface area contributed by atoms with Crippen molar-refractivity contribution in [1.82, 2.24) is 60.4 Å². The van der Waals surface area contributed by atoms with E-state index >= 15 is 0 Å². The van der Waals surface area contributed by atoms with Crippen molar-refractivity contribution in [2.45, 2.75) is 150 Å². The number of phenolic OH excluding ortho intramolecular Hbond substituents is 1. The molecule has 0 aliphatic heterocycles. The van der Waals surface area contributed by atoms with E-state index in [0.717, 1.165) is 73.6 Å². The number of phenols is 1. The molecule has 4 aliphatic carbocycles. The average molecular weight is 1910 g/mol. The third-order valence-corrected chi connectivity index (χ3v) is 21.3. The summed E-state index contributed by atoms with van der Waals surface area (Å²) in [6.07, 6.45) is 11.3. The number of carbonyl (C=O) groups is 12. The van der Waals surface area contributed by atoms with Crippen molar-refractivity contribution in [2.75, 3.05) is 40.8 Å². The predicted octanol–water partition coefficient (Wildman–Crippen LogP) is 14.0. The zero-order valence-electron chi connectivity index (χ0n) is 75.5. The summed E-state index contributed by atoms with van der Waals surface area (Å²) in [5.74, 6) is -1.30. The maximum Gasteiger partial charge on any atom is 0.506 e. The maximum atomic E-state index is 13.2. The van der Waals surface area contributed by atoms with E-state index in [1.807, 2.05) is 52.0 Å². The maximum absolute atomic E-state index is 13.2. The molecule has 4 aromatic heterocycles. The van der Waals surface area contributed by atoms with Gasteiger partial charge in [0.15, 0.2) is 29.7 Å². The highest BCUT2D eigenvalue weighted by atomic mass is 35.5. The number of halogens is 3. The van der Waals surface area contributed by atoms with Gasteiger partial charge in [-0.15, -0.1) is 34.8 Å². The van der Waals surface area contributed by atoms with Crippen LogP contribution in [-0.2, 0) is 37.0 Å². The number of carboxylic acid groups (broad SMARTS) is 1. The Morgan fingerprint density at radius 3 is 0.978 bits per heavy atom. The number of esters is 1. The lowest BCUT2D eigenvalue weighted by Crippen LogP contribution is -2.27. The second-order valence-electron chi connectivity index (χ2n) is 33.2. The molecule has 5 amide bonds. The SMILES string of the molecule is CC(=O)CCl.Cc1ccc(C(=O)NC2CC2)cc1-n1ncc(C(=O)c2cccc(COC(=O)O)c2)c1N.Cc1ccc(C(=O)NC2CC2)cc1-n1ncc(C(=O)c2cccc(COC(N)=O)c2)c1N.Cc1ccc(C(=O)NC2CC2)cc1-n1ncc(C(=O)c2cccc(O)c2)c1N.Cc1ccc(C(=O)NC2CC2)cc1-n1ncc(C(=O)c2cccc(OCC(=O)OC(C)(C)C)c2)c1N.ClCCl. The van der Waals surface area contributed by atoms with Crippen molar-refractivity contribution in [3.8, 4) is 34.2 Å². The van der Waals surface area contributed by atoms with Crippen molar-refractivity contribution in [3.05, 3.63) is 295 Å². The van der Waals surface area contributed by atoms with Crippen LogP contribution in [0.15, 0.2) is 195 Å². The van der Waals surface area contributed by atoms with E-state index in [-0.39, 0.29) is 159 Å². The number of aromatic nitrogens is 8. The number of hydrogen-bond donors (Lipinski definition) is 11. The molecule has 35 nitrogen and oxygen atoms in total. The monoisotopic (exact) mass is 1910 g/mol. The Hall–Kier alpha value is -15.5. The van der Waals surface area contributed by atoms with Crippen LogP contribution >= 0.6 is 34.8 Å². The molecule has 16 N–H and O–H groups in total. The lowest BCUT2D eigenvalue weighted by Gasteiger charge is -2.19. The van der Waals surface area contributed by atoms with Crippen molar-refractivity contribution >= 4 is 129 Å². The molecule has 708 valence electrons. The van der Waals surface area contributed by atoms with Crippen molar-refractivity contribution in [2.24, 2.45) is 5.73 Å². The highest BCUT2D eigenvalue weighted by molar-refractivity contribution is 6.40. The van der Waals surface area contributed by atoms with E-state index < -0.39 is 23.8 Å². The van der Waals surface area contributed by atoms with Crippen molar-refractivity contribution < 1.29 is 86.7 Å². The van der Waals surface area contributed by atoms with Gasteiger partial charge >= 0.3 is 18.2 Å². The zero-order chi connectivity index (χ0) is 98.5. The molecular formula is C98H102Cl3N17O18. The van der Waals surface area contributed by atoms with Crippen LogP contribution in [0.4, 0.5) is 32.9 Å². The first-order chi connectivity index (χ1) is 64.8. The molecule has 8 aromatic carbocycles. The van der Waals surface area contributed by atoms with Gasteiger partial charge in [-0.2, -0.15) is 20.4 Å². The number of aromatic hydroxyl groups is 1. The van der Waals surface area contributed by atoms with Gasteiger partial charge in [-0.05, 0) is 225 Å². The summed E-state index contributed by atoms with van der Waals surface area (Å²) in [4.78, 5) is 145. The third-order valence-electron chi connectivity index (χ3n) is 20.9. The van der Waals surface area contributed by atoms with Crippen LogP contribution in [-0.4, -0.2) is 168 Å². The lowest BCUT2D eigenvalue weighted by molar-refractivity contribution is -0.157. The number of anilines is 4. The van der Waals surface area contributed by atoms with Gasteiger partial charge in [0, 0.05) is 68.7 Å². The minimum Gasteiger partial charge on any atom is -0.508 e. The van der Waals surface area contributed by atoms with Crippen LogP contribution in [0.5, 0.6) is 11.5 Å². The van der Waals surface area contributed by atoms with Crippen LogP contribution in [0.1, 0.15) is 218 Å². The van der Waals surface area contributed by atoms with Gasteiger partial charge in [-0.1, -0.05) is 84.9 Å². The van der Waals surface area contributed by atoms with Gasteiger partial charge in [-0.3, -0.25) is 43.2 Å². The standard InChI is InChI=1S/C27H30N4O5.C23H23N5O4.C23H22N4O5.C21H20N4O3.C3H5ClO.CH2Cl2/c1-16-8-9-18(26(34)30-19-10-11-19)13-22(16)31-25(28)21(14-29-31)24(33)17-6-5-7-20(12-17)35-15-23(32)36-27(2,3)4;1-13-5-6-16(22(30)27-17-7-8-17)10-19(13)28-21(24)18(11-26-28)20(29)15-4-2-3-14(9-15)12-32-23(25)31;1-13-5-6-16(22(29)26-17-7-8-17)10-19(13)27-21(24)18(11-25-27)20(28)15-4-2-3-14(9-15)12-32-23(30)31;1-12-5-6-14(21(28)24-15-7-8-15)10-18(12)25-20(22)17(11-23-25)19(27)13-3-2-4-16(26)9-13;1-3(5)2-4;2-1-3/h5-9,12-14,19H,10-11,15,28H2,1-4H3,(H,30,34);2-6,9-11,17H,7-8,12,24H2,1H3,(H2,25,31)(H,27,30);2-6,9-11,17H,7-8,12,24H2,1H3,(H,26,29)(H,30,31);2-6,9-11,15,26H,7-8,22H2,1H3,(H,24,28);2H2,1H3;1H2. The second kappa shape index (κ2) is 45.8. The van der Waals surface area contributed by atoms with E-state index in [9.17, 15) is 62.6 Å². The fourth-order valence-electron chi connectivity index (χ4n) is 13.2. The summed E-state index contributed by atoms with van der Waals surface area (Å²) < 4.78 is 25.9. The highest BCUT2D eigenvalue weighted by Crippen LogP contribution is 2.33. The predicted molar refractivity (Wildman–Crippen MR) is 510 cm³/mol. The van der Waals surface area contributed by atoms with Crippen LogP contribution in [0.2, 0.25) is 0 Å². The molecule has 0 unspecified atom stereocenters. The Morgan fingerprint density at radius 1 is 0.412 bits per heavy atom. The number of carbonyl (C=O) groups excluding carboxylic acids is 11. The molecular weight excluding hydrogens is 1810 g/mol. The first-order valence-electron chi connectivity index (χ1n) is 42.9. The summed E-state index contributed by atoms with van der Waals surface area (Å²) in [6.45, 7) is 13.8. The quantitative estimate of drug-likeness (QED) is 0.00939. The molecule has 4 saturated carbocycles. The van der Waals surface area contributed by atoms with E-state index in [1.165, 1.54) is 68.6 Å². The van der Waals surface area contributed by atoms with Gasteiger partial charge in [0.05, 0.1) is 81.0 Å². The lowest BCUT2D eigenvalue weighted by atomic mass is 10.0. The minimum atomic E-state index is -1.39. The van der Waals surface area contributed by atoms with Gasteiger partial charge in [0.25, 0.3) is 23.6 Å². The first-order valence-corrected chi connectivity index (χ1v) is 44.5. The molecule has 4 heterocycles. The number of nitrogens with two attached hydrogens (primary N) is 5. The minimum absolute atomic E-state index is 0.00188. The number of rotatable bonds is 28. The van der Waals surface area contributed by atoms with Gasteiger partial charge in [0.1, 0.15) is 59.4 Å². The van der Waals surface area contributed by atoms with Gasteiger partial charge in [-0.25, -0.2) is 33.1 Å². The Labute approximate surface area is 796 Å². The molecule has 4 fully saturated rings. The number of nitrogen functional groups attached to an aromatic ring is 4. The fourth-order valence-corrected chi connectivity index (χ4v) is 13.2. The highest BCUT2D eigenvalue weighted by Gasteiger charge is 2.31. The first kappa shape index (κ1) is 101. The molecule has 136 heavy (non-hydrogen) atoms. The molecule has 16 rings (SSSR count). The molecule has 38 heteroatoms. The number of benzene rings is 8. The van der Waals surface area contributed by atoms with E-state index in [0.29, 0.717) is 84.1 Å². The topological polar surface area (TPSA) is 532 Å². The molecule has 0 spiro atoms. The molecule has 0 atom stereocenters. The van der Waals surface area contributed by atoms with E-state index in [2.05, 4.69) is 46.4 Å². The fraction of sp³-hybridized carbons (Fsp3) is 0.265. The van der Waals surface area contributed by atoms with Crippen molar-refractivity contribution in [3.63, 3.8) is 0 Å². The van der Waals surface area contributed by atoms with Crippen molar-refractivity contribution in [1.29, 1.82) is 0 Å². The number of amides is 5. The number of primary amides is 1.